The number of hydrogen-bond acceptors (Lipinski definition) is 6. The van der Waals surface area contributed by atoms with Gasteiger partial charge in [-0.05, 0) is 53.1 Å². The summed E-state index contributed by atoms with van der Waals surface area (Å²) in [6.07, 6.45) is 1.94. The lowest BCUT2D eigenvalue weighted by Gasteiger charge is -2.09. The summed E-state index contributed by atoms with van der Waals surface area (Å²) in [5.74, 6) is 1.13. The Bertz CT molecular complexity index is 863. The van der Waals surface area contributed by atoms with Gasteiger partial charge in [0.2, 0.25) is 0 Å². The van der Waals surface area contributed by atoms with Gasteiger partial charge in [-0.1, -0.05) is 12.1 Å². The average molecular weight is 355 g/mol. The van der Waals surface area contributed by atoms with Gasteiger partial charge in [0.1, 0.15) is 5.75 Å². The van der Waals surface area contributed by atoms with Crippen molar-refractivity contribution >= 4 is 17.7 Å². The fourth-order valence-electron chi connectivity index (χ4n) is 2.33. The summed E-state index contributed by atoms with van der Waals surface area (Å²) in [5.41, 5.74) is 1.43. The predicted molar refractivity (Wildman–Crippen MR) is 95.1 cm³/mol. The van der Waals surface area contributed by atoms with Gasteiger partial charge in [0.15, 0.2) is 5.82 Å². The number of rotatable bonds is 6. The molecular weight excluding hydrogens is 338 g/mol. The molecular formula is C17H17N5O2S. The first kappa shape index (κ1) is 17.0. The van der Waals surface area contributed by atoms with Crippen LogP contribution in [0.5, 0.6) is 5.75 Å². The molecule has 25 heavy (non-hydrogen) atoms. The van der Waals surface area contributed by atoms with Gasteiger partial charge >= 0.3 is 0 Å². The minimum absolute atomic E-state index is 0.158. The number of benzene rings is 2. The van der Waals surface area contributed by atoms with E-state index in [2.05, 4.69) is 20.8 Å². The molecule has 3 aromatic rings. The maximum atomic E-state index is 12.4. The molecule has 0 unspecified atom stereocenters. The normalized spacial score (nSPS) is 10.5. The van der Waals surface area contributed by atoms with Crippen molar-refractivity contribution in [2.45, 2.75) is 11.4 Å². The van der Waals surface area contributed by atoms with Crippen LogP contribution >= 0.6 is 11.8 Å². The van der Waals surface area contributed by atoms with Crippen molar-refractivity contribution in [3.8, 4) is 11.4 Å². The standard InChI is InChI=1S/C17H17N5O2S/c1-24-13-9-7-12(8-10-13)22-16(19-20-21-22)11-18-17(23)14-5-3-4-6-15(14)25-2/h3-10H,11H2,1-2H3,(H,18,23). The molecule has 0 radical (unpaired) electrons. The number of nitrogens with zero attached hydrogens (tertiary/aromatic N) is 4. The Balaban J connectivity index is 1.74. The average Bonchev–Trinajstić information content (AvgIpc) is 3.14. The van der Waals surface area contributed by atoms with Gasteiger partial charge in [0, 0.05) is 4.90 Å². The highest BCUT2D eigenvalue weighted by molar-refractivity contribution is 7.98. The summed E-state index contributed by atoms with van der Waals surface area (Å²) < 4.78 is 6.73. The molecule has 0 bridgehead atoms. The Hall–Kier alpha value is -2.87. The van der Waals surface area contributed by atoms with E-state index in [0.29, 0.717) is 11.4 Å². The van der Waals surface area contributed by atoms with Crippen molar-refractivity contribution in [1.29, 1.82) is 0 Å². The topological polar surface area (TPSA) is 81.9 Å². The van der Waals surface area contributed by atoms with Crippen LogP contribution in [0.15, 0.2) is 53.4 Å². The summed E-state index contributed by atoms with van der Waals surface area (Å²) in [6, 6.07) is 14.8. The zero-order chi connectivity index (χ0) is 17.6. The number of thioether (sulfide) groups is 1. The minimum Gasteiger partial charge on any atom is -0.497 e. The van der Waals surface area contributed by atoms with Gasteiger partial charge in [-0.15, -0.1) is 16.9 Å². The maximum Gasteiger partial charge on any atom is 0.252 e. The Morgan fingerprint density at radius 2 is 1.96 bits per heavy atom. The zero-order valence-corrected chi connectivity index (χ0v) is 14.7. The molecule has 0 atom stereocenters. The van der Waals surface area contributed by atoms with E-state index in [0.717, 1.165) is 16.3 Å². The summed E-state index contributed by atoms with van der Waals surface area (Å²) in [7, 11) is 1.61. The molecule has 0 spiro atoms. The molecule has 128 valence electrons. The number of nitrogens with one attached hydrogen (secondary N) is 1. The SMILES string of the molecule is COc1ccc(-n2nnnc2CNC(=O)c2ccccc2SC)cc1. The second-order valence-corrected chi connectivity index (χ2v) is 5.94. The fraction of sp³-hybridized carbons (Fsp3) is 0.176. The van der Waals surface area contributed by atoms with Gasteiger partial charge < -0.3 is 10.1 Å². The van der Waals surface area contributed by atoms with Crippen LogP contribution in [0.25, 0.3) is 5.69 Å². The van der Waals surface area contributed by atoms with Crippen molar-refractivity contribution in [1.82, 2.24) is 25.5 Å². The molecule has 1 amide bonds. The molecule has 2 aromatic carbocycles. The van der Waals surface area contributed by atoms with Crippen LogP contribution in [0.2, 0.25) is 0 Å². The second-order valence-electron chi connectivity index (χ2n) is 5.09. The molecule has 1 heterocycles. The number of tetrazole rings is 1. The third kappa shape index (κ3) is 3.80. The van der Waals surface area contributed by atoms with Crippen LogP contribution in [0.1, 0.15) is 16.2 Å². The number of aromatic nitrogens is 4. The molecule has 3 rings (SSSR count). The minimum atomic E-state index is -0.158. The van der Waals surface area contributed by atoms with Crippen LogP contribution in [-0.4, -0.2) is 39.5 Å². The number of carbonyl (C=O) groups excluding carboxylic acids is 1. The van der Waals surface area contributed by atoms with Gasteiger partial charge in [-0.2, -0.15) is 4.68 Å². The van der Waals surface area contributed by atoms with Gasteiger partial charge in [-0.3, -0.25) is 4.79 Å². The van der Waals surface area contributed by atoms with E-state index in [-0.39, 0.29) is 12.5 Å². The summed E-state index contributed by atoms with van der Waals surface area (Å²) in [5, 5.41) is 14.6. The van der Waals surface area contributed by atoms with E-state index in [1.54, 1.807) is 17.9 Å². The molecule has 0 saturated heterocycles. The van der Waals surface area contributed by atoms with Crippen molar-refractivity contribution in [3.05, 3.63) is 59.9 Å². The van der Waals surface area contributed by atoms with Crippen LogP contribution in [0, 0.1) is 0 Å². The highest BCUT2D eigenvalue weighted by Crippen LogP contribution is 2.20. The third-order valence-corrected chi connectivity index (χ3v) is 4.41. The lowest BCUT2D eigenvalue weighted by molar-refractivity contribution is 0.0946. The van der Waals surface area contributed by atoms with E-state index < -0.39 is 0 Å². The lowest BCUT2D eigenvalue weighted by atomic mass is 10.2. The first-order valence-corrected chi connectivity index (χ1v) is 8.78. The van der Waals surface area contributed by atoms with Crippen molar-refractivity contribution in [2.75, 3.05) is 13.4 Å². The molecule has 0 aliphatic carbocycles. The first-order valence-electron chi connectivity index (χ1n) is 7.56. The molecule has 1 aromatic heterocycles. The van der Waals surface area contributed by atoms with Crippen molar-refractivity contribution in [3.63, 3.8) is 0 Å². The smallest absolute Gasteiger partial charge is 0.252 e. The largest absolute Gasteiger partial charge is 0.497 e. The van der Waals surface area contributed by atoms with Crippen LogP contribution < -0.4 is 10.1 Å². The lowest BCUT2D eigenvalue weighted by Crippen LogP contribution is -2.25. The summed E-state index contributed by atoms with van der Waals surface area (Å²) in [4.78, 5) is 13.4. The molecule has 0 saturated carbocycles. The van der Waals surface area contributed by atoms with E-state index in [4.69, 9.17) is 4.74 Å². The van der Waals surface area contributed by atoms with Gasteiger partial charge in [-0.25, -0.2) is 0 Å². The quantitative estimate of drug-likeness (QED) is 0.684. The molecule has 0 fully saturated rings. The number of carbonyl (C=O) groups is 1. The number of amides is 1. The van der Waals surface area contributed by atoms with Gasteiger partial charge in [0.25, 0.3) is 5.91 Å². The monoisotopic (exact) mass is 355 g/mol. The van der Waals surface area contributed by atoms with E-state index in [9.17, 15) is 4.79 Å². The number of hydrogen-bond donors (Lipinski definition) is 1. The number of methoxy groups -OCH3 is 1. The van der Waals surface area contributed by atoms with Crippen LogP contribution in [-0.2, 0) is 6.54 Å². The fourth-order valence-corrected chi connectivity index (χ4v) is 2.92. The Kier molecular flexibility index (Phi) is 5.30. The zero-order valence-electron chi connectivity index (χ0n) is 13.8. The summed E-state index contributed by atoms with van der Waals surface area (Å²) in [6.45, 7) is 0.223. The maximum absolute atomic E-state index is 12.4. The molecule has 0 aliphatic heterocycles. The van der Waals surface area contributed by atoms with E-state index in [1.807, 2.05) is 48.7 Å². The second kappa shape index (κ2) is 7.80. The Labute approximate surface area is 149 Å². The van der Waals surface area contributed by atoms with Crippen LogP contribution in [0.3, 0.4) is 0 Å². The molecule has 1 N–H and O–H groups in total. The molecule has 8 heteroatoms. The van der Waals surface area contributed by atoms with Gasteiger partial charge in [0.05, 0.1) is 24.9 Å². The first-order chi connectivity index (χ1) is 12.2. The van der Waals surface area contributed by atoms with Crippen LogP contribution in [0.4, 0.5) is 0 Å². The predicted octanol–water partition coefficient (Wildman–Crippen LogP) is 2.32. The third-order valence-electron chi connectivity index (χ3n) is 3.61. The highest BCUT2D eigenvalue weighted by atomic mass is 32.2. The summed E-state index contributed by atoms with van der Waals surface area (Å²) >= 11 is 1.53. The Morgan fingerprint density at radius 1 is 1.20 bits per heavy atom. The highest BCUT2D eigenvalue weighted by Gasteiger charge is 2.13. The molecule has 7 nitrogen and oxygen atoms in total. The number of ether oxygens (including phenoxy) is 1. The van der Waals surface area contributed by atoms with E-state index in [1.165, 1.54) is 11.8 Å². The molecule has 0 aliphatic rings. The van der Waals surface area contributed by atoms with Crippen molar-refractivity contribution in [2.24, 2.45) is 0 Å². The van der Waals surface area contributed by atoms with Crippen molar-refractivity contribution < 1.29 is 9.53 Å². The Morgan fingerprint density at radius 3 is 2.68 bits per heavy atom. The van der Waals surface area contributed by atoms with E-state index >= 15 is 0 Å².